The molecular formula is C17H22N4O5S. The SMILES string of the molecule is CC1C(OS(C)(=O)=O)=CC(=O)CN2CCC3C=C(C(=O)N=C(N)N)C=C1C32. The molecule has 0 aromatic carbocycles. The van der Waals surface area contributed by atoms with Crippen LogP contribution in [0.2, 0.25) is 0 Å². The van der Waals surface area contributed by atoms with E-state index < -0.39 is 21.9 Å². The summed E-state index contributed by atoms with van der Waals surface area (Å²) in [6.07, 6.45) is 6.42. The zero-order valence-corrected chi connectivity index (χ0v) is 15.9. The van der Waals surface area contributed by atoms with Gasteiger partial charge in [-0.2, -0.15) is 13.4 Å². The number of rotatable bonds is 3. The fourth-order valence-corrected chi connectivity index (χ4v) is 4.44. The quantitative estimate of drug-likeness (QED) is 0.367. The number of hydrogen-bond acceptors (Lipinski definition) is 6. The Morgan fingerprint density at radius 2 is 2.04 bits per heavy atom. The maximum atomic E-state index is 12.3. The Hall–Kier alpha value is -2.46. The molecule has 1 saturated heterocycles. The van der Waals surface area contributed by atoms with Crippen LogP contribution in [0, 0.1) is 11.8 Å². The van der Waals surface area contributed by atoms with E-state index in [4.69, 9.17) is 15.7 Å². The highest BCUT2D eigenvalue weighted by molar-refractivity contribution is 7.86. The Bertz CT molecular complexity index is 912. The summed E-state index contributed by atoms with van der Waals surface area (Å²) < 4.78 is 28.3. The average molecular weight is 394 g/mol. The number of hydrogen-bond donors (Lipinski definition) is 2. The topological polar surface area (TPSA) is 145 Å². The first-order chi connectivity index (χ1) is 12.5. The number of carbonyl (C=O) groups is 2. The Morgan fingerprint density at radius 1 is 1.33 bits per heavy atom. The standard InChI is InChI=1S/C17H22N4O5S/c1-9-13-6-11(16(23)20-17(18)19)5-10-3-4-21(15(10)13)8-12(22)7-14(9)26-27(2,24)25/h5-7,9-10,15H,3-4,8H2,1-2H3,(H4,18,19,20,23). The molecule has 0 spiro atoms. The lowest BCUT2D eigenvalue weighted by atomic mass is 9.79. The normalized spacial score (nSPS) is 28.1. The molecule has 1 amide bonds. The van der Waals surface area contributed by atoms with Gasteiger partial charge in [-0.05, 0) is 30.5 Å². The number of guanidine groups is 1. The lowest BCUT2D eigenvalue weighted by Gasteiger charge is -2.36. The smallest absolute Gasteiger partial charge is 0.305 e. The summed E-state index contributed by atoms with van der Waals surface area (Å²) >= 11 is 0. The molecule has 0 aromatic heterocycles. The summed E-state index contributed by atoms with van der Waals surface area (Å²) in [7, 11) is -3.80. The van der Waals surface area contributed by atoms with Gasteiger partial charge in [-0.1, -0.05) is 13.0 Å². The molecule has 0 saturated carbocycles. The van der Waals surface area contributed by atoms with Gasteiger partial charge < -0.3 is 15.7 Å². The van der Waals surface area contributed by atoms with Crippen LogP contribution in [-0.4, -0.2) is 56.4 Å². The predicted octanol–water partition coefficient (Wildman–Crippen LogP) is -0.578. The van der Waals surface area contributed by atoms with Crippen LogP contribution in [-0.2, 0) is 23.9 Å². The molecule has 3 rings (SSSR count). The van der Waals surface area contributed by atoms with Gasteiger partial charge in [0.25, 0.3) is 5.91 Å². The van der Waals surface area contributed by atoms with Crippen molar-refractivity contribution in [3.05, 3.63) is 35.1 Å². The molecule has 9 nitrogen and oxygen atoms in total. The number of aliphatic imine (C=N–C) groups is 1. The minimum absolute atomic E-state index is 0.00554. The molecule has 4 N–H and O–H groups in total. The third-order valence-electron chi connectivity index (χ3n) is 4.92. The van der Waals surface area contributed by atoms with Crippen molar-refractivity contribution in [2.24, 2.45) is 28.3 Å². The fraction of sp³-hybridized carbons (Fsp3) is 0.471. The summed E-state index contributed by atoms with van der Waals surface area (Å²) in [5.74, 6) is -1.55. The van der Waals surface area contributed by atoms with E-state index in [1.54, 1.807) is 13.0 Å². The minimum Gasteiger partial charge on any atom is -0.386 e. The second kappa shape index (κ2) is 6.93. The van der Waals surface area contributed by atoms with E-state index >= 15 is 0 Å². The van der Waals surface area contributed by atoms with Crippen molar-refractivity contribution in [2.75, 3.05) is 19.3 Å². The molecule has 0 radical (unpaired) electrons. The average Bonchev–Trinajstić information content (AvgIpc) is 2.92. The number of amides is 1. The van der Waals surface area contributed by atoms with Gasteiger partial charge in [0.2, 0.25) is 0 Å². The molecule has 146 valence electrons. The van der Waals surface area contributed by atoms with Gasteiger partial charge in [0.05, 0.1) is 12.8 Å². The lowest BCUT2D eigenvalue weighted by molar-refractivity contribution is -0.116. The molecule has 3 aliphatic rings. The van der Waals surface area contributed by atoms with Gasteiger partial charge in [0.15, 0.2) is 11.7 Å². The first-order valence-corrected chi connectivity index (χ1v) is 10.3. The Morgan fingerprint density at radius 3 is 2.67 bits per heavy atom. The zero-order valence-electron chi connectivity index (χ0n) is 15.1. The van der Waals surface area contributed by atoms with Crippen LogP contribution in [0.25, 0.3) is 0 Å². The summed E-state index contributed by atoms with van der Waals surface area (Å²) in [6.45, 7) is 2.61. The van der Waals surface area contributed by atoms with Crippen molar-refractivity contribution in [1.29, 1.82) is 0 Å². The summed E-state index contributed by atoms with van der Waals surface area (Å²) in [5.41, 5.74) is 11.8. The van der Waals surface area contributed by atoms with E-state index in [0.717, 1.165) is 18.2 Å². The molecule has 27 heavy (non-hydrogen) atoms. The fourth-order valence-electron chi connectivity index (χ4n) is 3.90. The van der Waals surface area contributed by atoms with Gasteiger partial charge in [0, 0.05) is 23.6 Å². The van der Waals surface area contributed by atoms with Gasteiger partial charge in [-0.25, -0.2) is 0 Å². The Kier molecular flexibility index (Phi) is 4.96. The van der Waals surface area contributed by atoms with E-state index in [2.05, 4.69) is 4.99 Å². The first kappa shape index (κ1) is 19.3. The van der Waals surface area contributed by atoms with E-state index in [0.29, 0.717) is 12.1 Å². The van der Waals surface area contributed by atoms with Crippen molar-refractivity contribution in [2.45, 2.75) is 19.4 Å². The van der Waals surface area contributed by atoms with E-state index in [1.165, 1.54) is 6.08 Å². The monoisotopic (exact) mass is 394 g/mol. The van der Waals surface area contributed by atoms with Crippen LogP contribution in [0.15, 0.2) is 40.1 Å². The van der Waals surface area contributed by atoms with Crippen LogP contribution < -0.4 is 11.5 Å². The molecule has 0 bridgehead atoms. The molecule has 3 atom stereocenters. The first-order valence-electron chi connectivity index (χ1n) is 8.50. The highest BCUT2D eigenvalue weighted by atomic mass is 32.2. The molecule has 2 heterocycles. The van der Waals surface area contributed by atoms with Crippen LogP contribution in [0.4, 0.5) is 0 Å². The zero-order chi connectivity index (χ0) is 19.9. The van der Waals surface area contributed by atoms with Crippen LogP contribution in [0.5, 0.6) is 0 Å². The van der Waals surface area contributed by atoms with Crippen molar-refractivity contribution >= 4 is 27.8 Å². The summed E-state index contributed by atoms with van der Waals surface area (Å²) in [6, 6.07) is -0.105. The van der Waals surface area contributed by atoms with E-state index in [1.807, 2.05) is 11.0 Å². The Balaban J connectivity index is 2.07. The number of nitrogens with zero attached hydrogens (tertiary/aromatic N) is 2. The molecule has 1 fully saturated rings. The Labute approximate surface area is 157 Å². The molecular weight excluding hydrogens is 372 g/mol. The van der Waals surface area contributed by atoms with E-state index in [9.17, 15) is 18.0 Å². The molecule has 1 aliphatic carbocycles. The number of allylic oxidation sites excluding steroid dienone is 1. The van der Waals surface area contributed by atoms with Gasteiger partial charge in [0.1, 0.15) is 5.76 Å². The molecule has 3 unspecified atom stereocenters. The largest absolute Gasteiger partial charge is 0.386 e. The van der Waals surface area contributed by atoms with E-state index in [-0.39, 0.29) is 36.0 Å². The van der Waals surface area contributed by atoms with Crippen molar-refractivity contribution in [3.63, 3.8) is 0 Å². The molecule has 0 aromatic rings. The van der Waals surface area contributed by atoms with Crippen molar-refractivity contribution < 1.29 is 22.2 Å². The third-order valence-corrected chi connectivity index (χ3v) is 5.42. The second-order valence-corrected chi connectivity index (χ2v) is 8.57. The van der Waals surface area contributed by atoms with Gasteiger partial charge in [-0.15, -0.1) is 0 Å². The third kappa shape index (κ3) is 4.11. The van der Waals surface area contributed by atoms with Gasteiger partial charge >= 0.3 is 10.1 Å². The second-order valence-electron chi connectivity index (χ2n) is 7.00. The lowest BCUT2D eigenvalue weighted by Crippen LogP contribution is -2.42. The molecule has 10 heteroatoms. The van der Waals surface area contributed by atoms with Crippen molar-refractivity contribution in [3.8, 4) is 0 Å². The number of ketones is 1. The summed E-state index contributed by atoms with van der Waals surface area (Å²) in [5, 5.41) is 0. The van der Waals surface area contributed by atoms with Crippen LogP contribution in [0.3, 0.4) is 0 Å². The van der Waals surface area contributed by atoms with Crippen LogP contribution >= 0.6 is 0 Å². The number of carbonyl (C=O) groups excluding carboxylic acids is 2. The maximum absolute atomic E-state index is 12.3. The minimum atomic E-state index is -3.80. The summed E-state index contributed by atoms with van der Waals surface area (Å²) in [4.78, 5) is 30.3. The van der Waals surface area contributed by atoms with Crippen molar-refractivity contribution in [1.82, 2.24) is 4.90 Å². The van der Waals surface area contributed by atoms with Crippen LogP contribution in [0.1, 0.15) is 13.3 Å². The highest BCUT2D eigenvalue weighted by Crippen LogP contribution is 2.41. The number of nitrogens with two attached hydrogens (primary N) is 2. The maximum Gasteiger partial charge on any atom is 0.305 e. The predicted molar refractivity (Wildman–Crippen MR) is 98.6 cm³/mol. The van der Waals surface area contributed by atoms with Gasteiger partial charge in [-0.3, -0.25) is 14.5 Å². The molecule has 2 aliphatic heterocycles. The highest BCUT2D eigenvalue weighted by Gasteiger charge is 2.43.